The largest absolute Gasteiger partial charge is 0.481 e. The summed E-state index contributed by atoms with van der Waals surface area (Å²) in [4.78, 5) is 11.7. The number of nitrogens with two attached hydrogens (primary N) is 1. The van der Waals surface area contributed by atoms with Crippen molar-refractivity contribution in [1.29, 1.82) is 0 Å². The minimum atomic E-state index is -4.47. The van der Waals surface area contributed by atoms with E-state index in [2.05, 4.69) is 0 Å². The molecule has 0 fully saturated rings. The number of rotatable bonds is 5. The number of carbonyl (C=O) groups is 1. The summed E-state index contributed by atoms with van der Waals surface area (Å²) in [6, 6.07) is 9.15. The number of hydrogen-bond donors (Lipinski definition) is 2. The topological polar surface area (TPSA) is 63.3 Å². The highest BCUT2D eigenvalue weighted by molar-refractivity contribution is 5.85. The van der Waals surface area contributed by atoms with Crippen molar-refractivity contribution in [3.63, 3.8) is 0 Å². The normalized spacial score (nSPS) is 13.6. The van der Waals surface area contributed by atoms with Crippen molar-refractivity contribution >= 4 is 18.4 Å². The molecule has 0 bridgehead atoms. The lowest BCUT2D eigenvalue weighted by Crippen LogP contribution is -2.26. The van der Waals surface area contributed by atoms with Crippen LogP contribution < -0.4 is 5.73 Å². The van der Waals surface area contributed by atoms with E-state index in [0.29, 0.717) is 11.1 Å². The quantitative estimate of drug-likeness (QED) is 0.768. The third kappa shape index (κ3) is 4.93. The van der Waals surface area contributed by atoms with Crippen molar-refractivity contribution in [2.45, 2.75) is 18.0 Å². The Morgan fingerprint density at radius 3 is 1.88 bits per heavy atom. The lowest BCUT2D eigenvalue weighted by Gasteiger charge is -2.24. The van der Waals surface area contributed by atoms with Gasteiger partial charge in [-0.05, 0) is 35.4 Å². The molecule has 136 valence electrons. The van der Waals surface area contributed by atoms with Crippen LogP contribution in [0.1, 0.15) is 28.5 Å². The van der Waals surface area contributed by atoms with Crippen molar-refractivity contribution in [3.05, 3.63) is 71.0 Å². The molecule has 0 saturated carbocycles. The van der Waals surface area contributed by atoms with Crippen LogP contribution in [0.2, 0.25) is 0 Å². The Hall–Kier alpha value is -2.12. The van der Waals surface area contributed by atoms with Crippen LogP contribution in [0.5, 0.6) is 0 Å². The third-order valence-electron chi connectivity index (χ3n) is 3.82. The van der Waals surface area contributed by atoms with Gasteiger partial charge in [-0.3, -0.25) is 4.79 Å². The van der Waals surface area contributed by atoms with E-state index in [1.165, 1.54) is 24.3 Å². The number of alkyl halides is 3. The second-order valence-electron chi connectivity index (χ2n) is 5.33. The van der Waals surface area contributed by atoms with Crippen molar-refractivity contribution in [1.82, 2.24) is 0 Å². The Bertz CT molecular complexity index is 702. The second-order valence-corrected chi connectivity index (χ2v) is 5.33. The molecule has 0 aromatic heterocycles. The van der Waals surface area contributed by atoms with E-state index in [1.54, 1.807) is 0 Å². The van der Waals surface area contributed by atoms with Crippen LogP contribution in [0.15, 0.2) is 48.5 Å². The van der Waals surface area contributed by atoms with Crippen LogP contribution in [0.25, 0.3) is 0 Å². The van der Waals surface area contributed by atoms with Gasteiger partial charge >= 0.3 is 12.1 Å². The highest BCUT2D eigenvalue weighted by atomic mass is 35.5. The Morgan fingerprint density at radius 1 is 1.00 bits per heavy atom. The third-order valence-corrected chi connectivity index (χ3v) is 3.82. The molecule has 0 aliphatic heterocycles. The van der Waals surface area contributed by atoms with E-state index in [1.807, 2.05) is 0 Å². The molecular weight excluding hydrogens is 362 g/mol. The zero-order valence-electron chi connectivity index (χ0n) is 12.8. The summed E-state index contributed by atoms with van der Waals surface area (Å²) >= 11 is 0. The van der Waals surface area contributed by atoms with Gasteiger partial charge in [-0.2, -0.15) is 13.2 Å². The Labute approximate surface area is 147 Å². The van der Waals surface area contributed by atoms with Crippen molar-refractivity contribution in [2.24, 2.45) is 5.73 Å². The molecular formula is C17H16ClF4NO2. The summed E-state index contributed by atoms with van der Waals surface area (Å²) in [5.41, 5.74) is 5.56. The predicted octanol–water partition coefficient (Wildman–Crippen LogP) is 4.18. The number of carboxylic acid groups (broad SMARTS) is 1. The summed E-state index contributed by atoms with van der Waals surface area (Å²) < 4.78 is 50.9. The van der Waals surface area contributed by atoms with E-state index in [4.69, 9.17) is 5.73 Å². The summed E-state index contributed by atoms with van der Waals surface area (Å²) in [5, 5.41) is 9.51. The first-order chi connectivity index (χ1) is 11.2. The maximum Gasteiger partial charge on any atom is 0.416 e. The number of hydrogen-bond acceptors (Lipinski definition) is 2. The molecule has 0 radical (unpaired) electrons. The first-order valence-electron chi connectivity index (χ1n) is 7.09. The van der Waals surface area contributed by atoms with Crippen LogP contribution in [0.3, 0.4) is 0 Å². The molecule has 2 atom stereocenters. The molecule has 0 aliphatic carbocycles. The zero-order valence-corrected chi connectivity index (χ0v) is 13.7. The van der Waals surface area contributed by atoms with Gasteiger partial charge in [-0.25, -0.2) is 4.39 Å². The van der Waals surface area contributed by atoms with Gasteiger partial charge in [0.1, 0.15) is 5.82 Å². The lowest BCUT2D eigenvalue weighted by molar-refractivity contribution is -0.139. The van der Waals surface area contributed by atoms with Crippen molar-refractivity contribution in [2.75, 3.05) is 6.54 Å². The molecule has 0 heterocycles. The lowest BCUT2D eigenvalue weighted by atomic mass is 9.81. The molecule has 3 nitrogen and oxygen atoms in total. The smallest absolute Gasteiger partial charge is 0.416 e. The summed E-state index contributed by atoms with van der Waals surface area (Å²) in [7, 11) is 0. The van der Waals surface area contributed by atoms with E-state index < -0.39 is 35.4 Å². The van der Waals surface area contributed by atoms with Gasteiger partial charge in [0, 0.05) is 12.5 Å². The standard InChI is InChI=1S/C17H15F4NO2.ClH/c18-13-7-3-11(4-8-13)15(16(23)24)14(9-22)10-1-5-12(6-2-10)17(19,20)21;/h1-8,14-15H,9,22H2,(H,23,24);1H. The highest BCUT2D eigenvalue weighted by Gasteiger charge is 2.33. The Kier molecular flexibility index (Phi) is 6.96. The van der Waals surface area contributed by atoms with Crippen LogP contribution >= 0.6 is 12.4 Å². The van der Waals surface area contributed by atoms with Gasteiger partial charge < -0.3 is 10.8 Å². The first-order valence-corrected chi connectivity index (χ1v) is 7.09. The van der Waals surface area contributed by atoms with Gasteiger partial charge in [0.25, 0.3) is 0 Å². The fraction of sp³-hybridized carbons (Fsp3) is 0.235. The summed E-state index contributed by atoms with van der Waals surface area (Å²) in [6.45, 7) is -0.0836. The van der Waals surface area contributed by atoms with Crippen LogP contribution in [0, 0.1) is 5.82 Å². The van der Waals surface area contributed by atoms with Crippen LogP contribution in [0.4, 0.5) is 17.6 Å². The van der Waals surface area contributed by atoms with Gasteiger partial charge in [0.15, 0.2) is 0 Å². The molecule has 2 rings (SSSR count). The van der Waals surface area contributed by atoms with Crippen LogP contribution in [-0.4, -0.2) is 17.6 Å². The van der Waals surface area contributed by atoms with Gasteiger partial charge in [-0.1, -0.05) is 24.3 Å². The molecule has 0 amide bonds. The molecule has 25 heavy (non-hydrogen) atoms. The maximum absolute atomic E-state index is 13.0. The zero-order chi connectivity index (χ0) is 17.9. The van der Waals surface area contributed by atoms with Gasteiger partial charge in [-0.15, -0.1) is 12.4 Å². The maximum atomic E-state index is 13.0. The van der Waals surface area contributed by atoms with Crippen molar-refractivity contribution in [3.8, 4) is 0 Å². The first kappa shape index (κ1) is 20.9. The highest BCUT2D eigenvalue weighted by Crippen LogP contribution is 2.35. The minimum absolute atomic E-state index is 0. The minimum Gasteiger partial charge on any atom is -0.481 e. The Balaban J connectivity index is 0.00000312. The SMILES string of the molecule is Cl.NCC(c1ccc(C(F)(F)F)cc1)C(C(=O)O)c1ccc(F)cc1. The monoisotopic (exact) mass is 377 g/mol. The van der Waals surface area contributed by atoms with Gasteiger partial charge in [0.2, 0.25) is 0 Å². The van der Waals surface area contributed by atoms with Crippen LogP contribution in [-0.2, 0) is 11.0 Å². The number of aliphatic carboxylic acids is 1. The molecule has 8 heteroatoms. The predicted molar refractivity (Wildman–Crippen MR) is 87.3 cm³/mol. The van der Waals surface area contributed by atoms with Gasteiger partial charge in [0.05, 0.1) is 11.5 Å². The molecule has 0 spiro atoms. The summed E-state index contributed by atoms with van der Waals surface area (Å²) in [6.07, 6.45) is -4.47. The number of carboxylic acids is 1. The van der Waals surface area contributed by atoms with Crippen molar-refractivity contribution < 1.29 is 27.5 Å². The number of halogens is 5. The molecule has 3 N–H and O–H groups in total. The molecule has 0 saturated heterocycles. The molecule has 2 unspecified atom stereocenters. The fourth-order valence-electron chi connectivity index (χ4n) is 2.60. The number of benzene rings is 2. The average molecular weight is 378 g/mol. The van der Waals surface area contributed by atoms with E-state index in [0.717, 1.165) is 24.3 Å². The van der Waals surface area contributed by atoms with E-state index in [9.17, 15) is 27.5 Å². The molecule has 0 aliphatic rings. The molecule has 2 aromatic rings. The van der Waals surface area contributed by atoms with E-state index in [-0.39, 0.29) is 19.0 Å². The second kappa shape index (κ2) is 8.31. The fourth-order valence-corrected chi connectivity index (χ4v) is 2.60. The summed E-state index contributed by atoms with van der Waals surface area (Å²) in [5.74, 6) is -3.53. The average Bonchev–Trinajstić information content (AvgIpc) is 2.52. The Morgan fingerprint density at radius 2 is 1.48 bits per heavy atom. The van der Waals surface area contributed by atoms with E-state index >= 15 is 0 Å². The molecule has 2 aromatic carbocycles.